The number of benzene rings is 1. The number of thiazole rings is 1. The first-order valence-electron chi connectivity index (χ1n) is 5.45. The van der Waals surface area contributed by atoms with E-state index in [1.165, 1.54) is 13.3 Å². The molecule has 7 heteroatoms. The highest BCUT2D eigenvalue weighted by Gasteiger charge is 2.08. The predicted molar refractivity (Wildman–Crippen MR) is 77.7 cm³/mol. The quantitative estimate of drug-likeness (QED) is 0.905. The molecule has 5 nitrogen and oxygen atoms in total. The third-order valence-corrected chi connectivity index (χ3v) is 3.66. The fraction of sp³-hybridized carbons (Fsp3) is 0.0769. The molecule has 0 fully saturated rings. The topological polar surface area (TPSA) is 79.7 Å². The zero-order valence-electron chi connectivity index (χ0n) is 10.3. The molecule has 1 aromatic heterocycles. The van der Waals surface area contributed by atoms with E-state index in [2.05, 4.69) is 4.98 Å². The second kappa shape index (κ2) is 5.94. The molecular weight excluding hydrogens is 302 g/mol. The van der Waals surface area contributed by atoms with Crippen molar-refractivity contribution in [1.82, 2.24) is 4.98 Å². The number of aromatic hydroxyl groups is 1. The van der Waals surface area contributed by atoms with Crippen molar-refractivity contribution < 1.29 is 19.7 Å². The number of aromatic carboxylic acids is 1. The molecule has 0 bridgehead atoms. The number of hydrogen-bond donors (Lipinski definition) is 2. The number of aromatic nitrogens is 1. The van der Waals surface area contributed by atoms with Crippen molar-refractivity contribution in [3.8, 4) is 11.5 Å². The first-order chi connectivity index (χ1) is 9.51. The van der Waals surface area contributed by atoms with Gasteiger partial charge in [-0.1, -0.05) is 17.7 Å². The van der Waals surface area contributed by atoms with Crippen molar-refractivity contribution in [1.29, 1.82) is 0 Å². The SMILES string of the molecule is COc1cc(/C=C/c2ncc(C(=O)O)s2)cc(Cl)c1O. The van der Waals surface area contributed by atoms with Crippen LogP contribution in [0.2, 0.25) is 5.02 Å². The van der Waals surface area contributed by atoms with E-state index in [4.69, 9.17) is 21.4 Å². The second-order valence-corrected chi connectivity index (χ2v) is 5.22. The van der Waals surface area contributed by atoms with Gasteiger partial charge >= 0.3 is 5.97 Å². The summed E-state index contributed by atoms with van der Waals surface area (Å²) in [5, 5.41) is 19.2. The molecule has 0 unspecified atom stereocenters. The fourth-order valence-electron chi connectivity index (χ4n) is 1.48. The van der Waals surface area contributed by atoms with E-state index in [-0.39, 0.29) is 21.4 Å². The van der Waals surface area contributed by atoms with E-state index in [0.717, 1.165) is 11.3 Å². The van der Waals surface area contributed by atoms with Crippen LogP contribution in [0.5, 0.6) is 11.5 Å². The third kappa shape index (κ3) is 3.09. The number of ether oxygens (including phenoxy) is 1. The Hall–Kier alpha value is -2.05. The van der Waals surface area contributed by atoms with Crippen molar-refractivity contribution in [2.24, 2.45) is 0 Å². The lowest BCUT2D eigenvalue weighted by atomic mass is 10.2. The first kappa shape index (κ1) is 14.4. The lowest BCUT2D eigenvalue weighted by Gasteiger charge is -2.06. The molecule has 2 rings (SSSR count). The van der Waals surface area contributed by atoms with Crippen LogP contribution in [-0.2, 0) is 0 Å². The molecule has 20 heavy (non-hydrogen) atoms. The van der Waals surface area contributed by atoms with Crippen molar-refractivity contribution in [3.63, 3.8) is 0 Å². The third-order valence-electron chi connectivity index (χ3n) is 2.42. The maximum atomic E-state index is 10.7. The van der Waals surface area contributed by atoms with Gasteiger partial charge in [-0.05, 0) is 23.8 Å². The molecule has 0 atom stereocenters. The van der Waals surface area contributed by atoms with Crippen LogP contribution in [0.4, 0.5) is 0 Å². The standard InChI is InChI=1S/C13H10ClNO4S/c1-19-9-5-7(4-8(14)12(9)16)2-3-11-15-6-10(20-11)13(17)18/h2-6,16H,1H3,(H,17,18)/b3-2+. The first-order valence-corrected chi connectivity index (χ1v) is 6.64. The maximum absolute atomic E-state index is 10.7. The average Bonchev–Trinajstić information content (AvgIpc) is 2.89. The van der Waals surface area contributed by atoms with Gasteiger partial charge in [-0.15, -0.1) is 11.3 Å². The Labute approximate surface area is 123 Å². The number of phenols is 1. The Bertz CT molecular complexity index is 681. The number of carbonyl (C=O) groups is 1. The smallest absolute Gasteiger partial charge is 0.347 e. The Kier molecular flexibility index (Phi) is 4.26. The van der Waals surface area contributed by atoms with Crippen LogP contribution < -0.4 is 4.74 Å². The Morgan fingerprint density at radius 1 is 1.45 bits per heavy atom. The summed E-state index contributed by atoms with van der Waals surface area (Å²) in [5.74, 6) is -0.854. The van der Waals surface area contributed by atoms with Crippen LogP contribution in [-0.4, -0.2) is 28.3 Å². The van der Waals surface area contributed by atoms with Gasteiger partial charge in [0.1, 0.15) is 9.88 Å². The highest BCUT2D eigenvalue weighted by molar-refractivity contribution is 7.14. The van der Waals surface area contributed by atoms with Crippen molar-refractivity contribution in [2.45, 2.75) is 0 Å². The Morgan fingerprint density at radius 2 is 2.20 bits per heavy atom. The van der Waals surface area contributed by atoms with E-state index in [1.54, 1.807) is 24.3 Å². The van der Waals surface area contributed by atoms with Crippen LogP contribution in [0.1, 0.15) is 20.2 Å². The lowest BCUT2D eigenvalue weighted by molar-refractivity contribution is 0.0702. The number of hydrogen-bond acceptors (Lipinski definition) is 5. The van der Waals surface area contributed by atoms with Gasteiger partial charge in [0.25, 0.3) is 0 Å². The van der Waals surface area contributed by atoms with Crippen LogP contribution >= 0.6 is 22.9 Å². The molecule has 2 aromatic rings. The van der Waals surface area contributed by atoms with Crippen LogP contribution in [0.3, 0.4) is 0 Å². The van der Waals surface area contributed by atoms with Gasteiger partial charge in [0, 0.05) is 0 Å². The van der Waals surface area contributed by atoms with Crippen molar-refractivity contribution >= 4 is 41.1 Å². The van der Waals surface area contributed by atoms with Crippen LogP contribution in [0.25, 0.3) is 12.2 Å². The molecule has 0 aliphatic rings. The summed E-state index contributed by atoms with van der Waals surface area (Å²) in [5.41, 5.74) is 0.705. The van der Waals surface area contributed by atoms with Gasteiger partial charge in [-0.25, -0.2) is 9.78 Å². The molecule has 0 aliphatic heterocycles. The number of rotatable bonds is 4. The monoisotopic (exact) mass is 311 g/mol. The largest absolute Gasteiger partial charge is 0.503 e. The Morgan fingerprint density at radius 3 is 2.80 bits per heavy atom. The summed E-state index contributed by atoms with van der Waals surface area (Å²) in [6.45, 7) is 0. The zero-order chi connectivity index (χ0) is 14.7. The molecule has 1 heterocycles. The summed E-state index contributed by atoms with van der Waals surface area (Å²) in [4.78, 5) is 14.9. The van der Waals surface area contributed by atoms with E-state index in [1.807, 2.05) is 0 Å². The normalized spacial score (nSPS) is 10.9. The molecule has 0 amide bonds. The molecule has 2 N–H and O–H groups in total. The number of methoxy groups -OCH3 is 1. The van der Waals surface area contributed by atoms with E-state index in [0.29, 0.717) is 10.6 Å². The maximum Gasteiger partial charge on any atom is 0.347 e. The minimum atomic E-state index is -1.00. The van der Waals surface area contributed by atoms with Crippen molar-refractivity contribution in [2.75, 3.05) is 7.11 Å². The molecule has 0 spiro atoms. The highest BCUT2D eigenvalue weighted by atomic mass is 35.5. The minimum absolute atomic E-state index is 0.117. The predicted octanol–water partition coefficient (Wildman–Crippen LogP) is 3.38. The zero-order valence-corrected chi connectivity index (χ0v) is 11.9. The van der Waals surface area contributed by atoms with Crippen LogP contribution in [0, 0.1) is 0 Å². The van der Waals surface area contributed by atoms with Gasteiger partial charge in [-0.2, -0.15) is 0 Å². The summed E-state index contributed by atoms with van der Waals surface area (Å²) in [6.07, 6.45) is 4.68. The van der Waals surface area contributed by atoms with Gasteiger partial charge in [0.2, 0.25) is 0 Å². The molecule has 0 saturated carbocycles. The van der Waals surface area contributed by atoms with Crippen molar-refractivity contribution in [3.05, 3.63) is 38.8 Å². The average molecular weight is 312 g/mol. The number of nitrogens with zero attached hydrogens (tertiary/aromatic N) is 1. The molecule has 0 saturated heterocycles. The van der Waals surface area contributed by atoms with Gasteiger partial charge in [0.15, 0.2) is 11.5 Å². The summed E-state index contributed by atoms with van der Waals surface area (Å²) < 4.78 is 5.00. The highest BCUT2D eigenvalue weighted by Crippen LogP contribution is 2.35. The molecule has 0 radical (unpaired) electrons. The second-order valence-electron chi connectivity index (χ2n) is 3.75. The number of phenolic OH excluding ortho intramolecular Hbond substituents is 1. The lowest BCUT2D eigenvalue weighted by Crippen LogP contribution is -1.89. The van der Waals surface area contributed by atoms with E-state index >= 15 is 0 Å². The summed E-state index contributed by atoms with van der Waals surface area (Å²) in [7, 11) is 1.43. The summed E-state index contributed by atoms with van der Waals surface area (Å²) in [6, 6.07) is 3.19. The molecule has 1 aromatic carbocycles. The molecular formula is C13H10ClNO4S. The van der Waals surface area contributed by atoms with Gasteiger partial charge < -0.3 is 14.9 Å². The van der Waals surface area contributed by atoms with Crippen LogP contribution in [0.15, 0.2) is 18.3 Å². The summed E-state index contributed by atoms with van der Waals surface area (Å²) >= 11 is 6.94. The fourth-order valence-corrected chi connectivity index (χ4v) is 2.36. The van der Waals surface area contributed by atoms with Gasteiger partial charge in [0.05, 0.1) is 18.3 Å². The van der Waals surface area contributed by atoms with Gasteiger partial charge in [-0.3, -0.25) is 0 Å². The number of halogens is 1. The van der Waals surface area contributed by atoms with E-state index in [9.17, 15) is 9.90 Å². The number of carboxylic acids is 1. The molecule has 104 valence electrons. The Balaban J connectivity index is 2.26. The number of carboxylic acid groups (broad SMARTS) is 1. The minimum Gasteiger partial charge on any atom is -0.503 e. The molecule has 0 aliphatic carbocycles. The van der Waals surface area contributed by atoms with E-state index < -0.39 is 5.97 Å².